The van der Waals surface area contributed by atoms with Gasteiger partial charge in [0.05, 0.1) is 21.8 Å². The standard InChI is InChI=1S/C10H11N3OS.C9H9ClO/c1-11-9(14)6-15-10-12-7-4-2-3-5-8(7)13-10;1-6(2)7-3-4-9(11)8(10)5-7/h2-5H,6H2,1H3,(H,11,14)(H,12,13);3-5,11H,1H2,2H3. The number of amides is 1. The number of aromatic nitrogens is 2. The van der Waals surface area contributed by atoms with Gasteiger partial charge in [-0.1, -0.05) is 53.7 Å². The Labute approximate surface area is 161 Å². The number of benzene rings is 2. The van der Waals surface area contributed by atoms with Crippen LogP contribution in [0.2, 0.25) is 5.02 Å². The number of phenolic OH excluding ortho intramolecular Hbond substituents is 1. The third kappa shape index (κ3) is 5.54. The van der Waals surface area contributed by atoms with Gasteiger partial charge >= 0.3 is 0 Å². The van der Waals surface area contributed by atoms with Gasteiger partial charge in [0, 0.05) is 7.05 Å². The highest BCUT2D eigenvalue weighted by molar-refractivity contribution is 7.99. The van der Waals surface area contributed by atoms with E-state index in [0.29, 0.717) is 10.8 Å². The Morgan fingerprint density at radius 1 is 1.35 bits per heavy atom. The summed E-state index contributed by atoms with van der Waals surface area (Å²) < 4.78 is 0. The lowest BCUT2D eigenvalue weighted by Gasteiger charge is -2.00. The average Bonchev–Trinajstić information content (AvgIpc) is 3.05. The number of para-hydroxylation sites is 2. The van der Waals surface area contributed by atoms with Crippen molar-refractivity contribution in [1.82, 2.24) is 15.3 Å². The molecule has 0 saturated carbocycles. The second kappa shape index (κ2) is 9.31. The van der Waals surface area contributed by atoms with E-state index in [1.807, 2.05) is 31.2 Å². The predicted molar refractivity (Wildman–Crippen MR) is 109 cm³/mol. The fourth-order valence-electron chi connectivity index (χ4n) is 1.98. The number of allylic oxidation sites excluding steroid dienone is 1. The summed E-state index contributed by atoms with van der Waals surface area (Å²) in [7, 11) is 1.63. The Morgan fingerprint density at radius 2 is 2.08 bits per heavy atom. The second-order valence-electron chi connectivity index (χ2n) is 5.47. The molecule has 0 fully saturated rings. The van der Waals surface area contributed by atoms with E-state index in [-0.39, 0.29) is 11.7 Å². The molecule has 1 amide bonds. The largest absolute Gasteiger partial charge is 0.506 e. The molecule has 26 heavy (non-hydrogen) atoms. The van der Waals surface area contributed by atoms with Crippen molar-refractivity contribution < 1.29 is 9.90 Å². The number of aromatic amines is 1. The maximum Gasteiger partial charge on any atom is 0.230 e. The number of hydrogen-bond donors (Lipinski definition) is 3. The molecule has 1 heterocycles. The molecule has 0 atom stereocenters. The Morgan fingerprint density at radius 3 is 2.69 bits per heavy atom. The molecular weight excluding hydrogens is 370 g/mol. The van der Waals surface area contributed by atoms with Crippen molar-refractivity contribution >= 4 is 45.9 Å². The minimum absolute atomic E-state index is 0.000422. The number of carbonyl (C=O) groups excluding carboxylic acids is 1. The highest BCUT2D eigenvalue weighted by atomic mass is 35.5. The first-order valence-electron chi connectivity index (χ1n) is 7.83. The highest BCUT2D eigenvalue weighted by Gasteiger charge is 2.04. The summed E-state index contributed by atoms with van der Waals surface area (Å²) in [6.07, 6.45) is 0. The van der Waals surface area contributed by atoms with E-state index in [1.165, 1.54) is 11.8 Å². The number of halogens is 1. The molecule has 0 saturated heterocycles. The monoisotopic (exact) mass is 389 g/mol. The van der Waals surface area contributed by atoms with Gasteiger partial charge in [0.25, 0.3) is 0 Å². The van der Waals surface area contributed by atoms with Crippen LogP contribution in [0.25, 0.3) is 16.6 Å². The SMILES string of the molecule is C=C(C)c1ccc(O)c(Cl)c1.CNC(=O)CSc1nc2ccccc2[nH]1. The molecular formula is C19H20ClN3O2S. The lowest BCUT2D eigenvalue weighted by molar-refractivity contribution is -0.118. The Bertz CT molecular complexity index is 891. The first kappa shape index (κ1) is 19.9. The fourth-order valence-corrected chi connectivity index (χ4v) is 2.91. The number of H-pyrrole nitrogens is 1. The zero-order chi connectivity index (χ0) is 19.1. The van der Waals surface area contributed by atoms with Gasteiger partial charge in [0.1, 0.15) is 5.75 Å². The van der Waals surface area contributed by atoms with E-state index in [9.17, 15) is 4.79 Å². The van der Waals surface area contributed by atoms with Crippen LogP contribution in [0.1, 0.15) is 12.5 Å². The molecule has 3 aromatic rings. The molecule has 0 spiro atoms. The summed E-state index contributed by atoms with van der Waals surface area (Å²) in [5, 5.41) is 12.8. The molecule has 0 aliphatic carbocycles. The van der Waals surface area contributed by atoms with Gasteiger partial charge in [-0.2, -0.15) is 0 Å². The van der Waals surface area contributed by atoms with Crippen LogP contribution < -0.4 is 5.32 Å². The molecule has 2 aromatic carbocycles. The van der Waals surface area contributed by atoms with Gasteiger partial charge in [-0.3, -0.25) is 4.79 Å². The first-order valence-corrected chi connectivity index (χ1v) is 9.19. The Kier molecular flexibility index (Phi) is 7.12. The molecule has 0 aliphatic rings. The average molecular weight is 390 g/mol. The van der Waals surface area contributed by atoms with E-state index in [4.69, 9.17) is 16.7 Å². The summed E-state index contributed by atoms with van der Waals surface area (Å²) in [6.45, 7) is 5.65. The summed E-state index contributed by atoms with van der Waals surface area (Å²) in [6, 6.07) is 12.8. The van der Waals surface area contributed by atoms with Crippen LogP contribution in [-0.4, -0.2) is 33.8 Å². The number of fused-ring (bicyclic) bond motifs is 1. The van der Waals surface area contributed by atoms with Crippen molar-refractivity contribution in [2.24, 2.45) is 0 Å². The number of carbonyl (C=O) groups is 1. The van der Waals surface area contributed by atoms with E-state index in [0.717, 1.165) is 27.3 Å². The van der Waals surface area contributed by atoms with Crippen molar-refractivity contribution in [3.8, 4) is 5.75 Å². The minimum atomic E-state index is 0.000422. The Hall–Kier alpha value is -2.44. The molecule has 0 radical (unpaired) electrons. The van der Waals surface area contributed by atoms with Crippen molar-refractivity contribution in [1.29, 1.82) is 0 Å². The van der Waals surface area contributed by atoms with Crippen LogP contribution >= 0.6 is 23.4 Å². The van der Waals surface area contributed by atoms with Crippen LogP contribution in [0, 0.1) is 0 Å². The topological polar surface area (TPSA) is 78.0 Å². The normalized spacial score (nSPS) is 10.1. The van der Waals surface area contributed by atoms with E-state index in [1.54, 1.807) is 25.2 Å². The lowest BCUT2D eigenvalue weighted by atomic mass is 10.1. The maximum absolute atomic E-state index is 11.0. The van der Waals surface area contributed by atoms with E-state index in [2.05, 4.69) is 21.9 Å². The molecule has 7 heteroatoms. The van der Waals surface area contributed by atoms with Gasteiger partial charge in [-0.25, -0.2) is 4.98 Å². The number of imidazole rings is 1. The third-order valence-corrected chi connectivity index (χ3v) is 4.60. The van der Waals surface area contributed by atoms with Crippen molar-refractivity contribution in [2.45, 2.75) is 12.1 Å². The van der Waals surface area contributed by atoms with Crippen LogP contribution in [0.5, 0.6) is 5.75 Å². The van der Waals surface area contributed by atoms with Crippen molar-refractivity contribution in [2.75, 3.05) is 12.8 Å². The first-order chi connectivity index (χ1) is 12.4. The summed E-state index contributed by atoms with van der Waals surface area (Å²) in [5.41, 5.74) is 3.81. The zero-order valence-corrected chi connectivity index (χ0v) is 16.1. The summed E-state index contributed by atoms with van der Waals surface area (Å²) in [5.74, 6) is 0.494. The number of aromatic hydroxyl groups is 1. The minimum Gasteiger partial charge on any atom is -0.506 e. The second-order valence-corrected chi connectivity index (χ2v) is 6.84. The lowest BCUT2D eigenvalue weighted by Crippen LogP contribution is -2.19. The van der Waals surface area contributed by atoms with E-state index < -0.39 is 0 Å². The zero-order valence-electron chi connectivity index (χ0n) is 14.5. The van der Waals surface area contributed by atoms with Crippen LogP contribution in [0.4, 0.5) is 0 Å². The number of nitrogens with one attached hydrogen (secondary N) is 2. The van der Waals surface area contributed by atoms with Crippen LogP contribution in [0.3, 0.4) is 0 Å². The maximum atomic E-state index is 11.0. The molecule has 5 nitrogen and oxygen atoms in total. The molecule has 0 unspecified atom stereocenters. The van der Waals surface area contributed by atoms with Gasteiger partial charge in [0.2, 0.25) is 5.91 Å². The van der Waals surface area contributed by atoms with Crippen LogP contribution in [0.15, 0.2) is 54.2 Å². The van der Waals surface area contributed by atoms with Gasteiger partial charge in [-0.05, 0) is 36.8 Å². The van der Waals surface area contributed by atoms with E-state index >= 15 is 0 Å². The third-order valence-electron chi connectivity index (χ3n) is 3.43. The number of rotatable bonds is 4. The molecule has 0 aliphatic heterocycles. The highest BCUT2D eigenvalue weighted by Crippen LogP contribution is 2.26. The summed E-state index contributed by atoms with van der Waals surface area (Å²) >= 11 is 7.07. The number of nitrogens with zero attached hydrogens (tertiary/aromatic N) is 1. The Balaban J connectivity index is 0.000000197. The van der Waals surface area contributed by atoms with Gasteiger partial charge in [0.15, 0.2) is 5.16 Å². The number of thioether (sulfide) groups is 1. The van der Waals surface area contributed by atoms with Crippen molar-refractivity contribution in [3.05, 3.63) is 59.6 Å². The molecule has 136 valence electrons. The van der Waals surface area contributed by atoms with Crippen LogP contribution in [-0.2, 0) is 4.79 Å². The molecule has 3 rings (SSSR count). The quantitative estimate of drug-likeness (QED) is 0.575. The predicted octanol–water partition coefficient (Wildman–Crippen LogP) is 4.48. The molecule has 0 bridgehead atoms. The van der Waals surface area contributed by atoms with Gasteiger partial charge < -0.3 is 15.4 Å². The molecule has 1 aromatic heterocycles. The van der Waals surface area contributed by atoms with Gasteiger partial charge in [-0.15, -0.1) is 0 Å². The van der Waals surface area contributed by atoms with Crippen molar-refractivity contribution in [3.63, 3.8) is 0 Å². The number of phenols is 1. The smallest absolute Gasteiger partial charge is 0.230 e. The molecule has 3 N–H and O–H groups in total. The summed E-state index contributed by atoms with van der Waals surface area (Å²) in [4.78, 5) is 18.5. The number of hydrogen-bond acceptors (Lipinski definition) is 4. The fraction of sp³-hybridized carbons (Fsp3) is 0.158.